The van der Waals surface area contributed by atoms with Gasteiger partial charge < -0.3 is 10.6 Å². The van der Waals surface area contributed by atoms with E-state index in [2.05, 4.69) is 6.07 Å². The molecule has 4 nitrogen and oxygen atoms in total. The molecule has 4 heteroatoms. The fraction of sp³-hybridized carbons (Fsp3) is 0.273. The first-order valence-corrected chi connectivity index (χ1v) is 4.61. The second kappa shape index (κ2) is 5.13. The topological polar surface area (TPSA) is 70.1 Å². The van der Waals surface area contributed by atoms with Gasteiger partial charge in [-0.05, 0) is 11.6 Å². The number of benzene rings is 1. The molecule has 0 saturated carbocycles. The molecular formula is C11H13N3O. The third-order valence-electron chi connectivity index (χ3n) is 2.15. The van der Waals surface area contributed by atoms with Crippen LogP contribution >= 0.6 is 0 Å². The van der Waals surface area contributed by atoms with Gasteiger partial charge in [0.1, 0.15) is 0 Å². The fourth-order valence-corrected chi connectivity index (χ4v) is 1.27. The molecule has 0 saturated heterocycles. The zero-order valence-electron chi connectivity index (χ0n) is 8.60. The molecule has 0 atom stereocenters. The summed E-state index contributed by atoms with van der Waals surface area (Å²) in [6.45, 7) is 0.408. The summed E-state index contributed by atoms with van der Waals surface area (Å²) in [6.07, 6.45) is 0. The molecule has 2 N–H and O–H groups in total. The van der Waals surface area contributed by atoms with Crippen molar-refractivity contribution in [3.8, 4) is 6.07 Å². The third kappa shape index (κ3) is 2.79. The van der Waals surface area contributed by atoms with E-state index in [0.717, 1.165) is 5.56 Å². The summed E-state index contributed by atoms with van der Waals surface area (Å²) in [5.74, 6) is -0.136. The monoisotopic (exact) mass is 203 g/mol. The average Bonchev–Trinajstić information content (AvgIpc) is 2.28. The van der Waals surface area contributed by atoms with Crippen LogP contribution in [0.15, 0.2) is 24.3 Å². The van der Waals surface area contributed by atoms with Gasteiger partial charge in [0.25, 0.3) is 0 Å². The second-order valence-corrected chi connectivity index (χ2v) is 3.22. The molecule has 0 aliphatic heterocycles. The highest BCUT2D eigenvalue weighted by Gasteiger charge is 2.08. The number of hydrogen-bond acceptors (Lipinski definition) is 3. The molecule has 78 valence electrons. The Bertz CT molecular complexity index is 395. The van der Waals surface area contributed by atoms with E-state index < -0.39 is 0 Å². The number of hydrogen-bond donors (Lipinski definition) is 1. The summed E-state index contributed by atoms with van der Waals surface area (Å²) in [7, 11) is 1.67. The van der Waals surface area contributed by atoms with Gasteiger partial charge in [0.05, 0.1) is 18.2 Å². The van der Waals surface area contributed by atoms with Crippen LogP contribution in [0.5, 0.6) is 0 Å². The van der Waals surface area contributed by atoms with Crippen molar-refractivity contribution in [3.63, 3.8) is 0 Å². The number of likely N-dealkylation sites (N-methyl/N-ethyl adjacent to an activating group) is 1. The lowest BCUT2D eigenvalue weighted by molar-refractivity contribution is -0.128. The molecule has 0 fully saturated rings. The van der Waals surface area contributed by atoms with Crippen molar-refractivity contribution in [3.05, 3.63) is 35.4 Å². The number of nitrogens with zero attached hydrogens (tertiary/aromatic N) is 2. The molecule has 0 aliphatic rings. The van der Waals surface area contributed by atoms with Crippen LogP contribution in [0.1, 0.15) is 11.1 Å². The van der Waals surface area contributed by atoms with E-state index in [1.165, 1.54) is 4.90 Å². The standard InChI is InChI=1S/C11H13N3O/c1-14(11(15)7-13)8-10-5-3-2-4-9(10)6-12/h2-5H,7-8,13H2,1H3. The van der Waals surface area contributed by atoms with E-state index in [1.54, 1.807) is 19.2 Å². The van der Waals surface area contributed by atoms with Crippen LogP contribution in [0, 0.1) is 11.3 Å². The Morgan fingerprint density at radius 1 is 1.53 bits per heavy atom. The van der Waals surface area contributed by atoms with E-state index in [0.29, 0.717) is 12.1 Å². The highest BCUT2D eigenvalue weighted by Crippen LogP contribution is 2.09. The predicted molar refractivity (Wildman–Crippen MR) is 56.7 cm³/mol. The summed E-state index contributed by atoms with van der Waals surface area (Å²) < 4.78 is 0. The van der Waals surface area contributed by atoms with Crippen molar-refractivity contribution in [1.82, 2.24) is 4.90 Å². The Kier molecular flexibility index (Phi) is 3.83. The van der Waals surface area contributed by atoms with Gasteiger partial charge in [0.15, 0.2) is 0 Å². The highest BCUT2D eigenvalue weighted by atomic mass is 16.2. The van der Waals surface area contributed by atoms with Crippen molar-refractivity contribution < 1.29 is 4.79 Å². The fourth-order valence-electron chi connectivity index (χ4n) is 1.27. The Balaban J connectivity index is 2.81. The van der Waals surface area contributed by atoms with E-state index in [4.69, 9.17) is 11.0 Å². The first-order valence-electron chi connectivity index (χ1n) is 4.61. The SMILES string of the molecule is CN(Cc1ccccc1C#N)C(=O)CN. The normalized spacial score (nSPS) is 9.40. The smallest absolute Gasteiger partial charge is 0.236 e. The van der Waals surface area contributed by atoms with E-state index >= 15 is 0 Å². The first kappa shape index (κ1) is 11.2. The summed E-state index contributed by atoms with van der Waals surface area (Å²) in [6, 6.07) is 9.30. The van der Waals surface area contributed by atoms with Gasteiger partial charge in [-0.25, -0.2) is 0 Å². The Hall–Kier alpha value is -1.86. The lowest BCUT2D eigenvalue weighted by atomic mass is 10.1. The summed E-state index contributed by atoms with van der Waals surface area (Å²) in [5, 5.41) is 8.85. The van der Waals surface area contributed by atoms with Crippen molar-refractivity contribution >= 4 is 5.91 Å². The Morgan fingerprint density at radius 3 is 2.80 bits per heavy atom. The number of amides is 1. The molecule has 0 radical (unpaired) electrons. The molecule has 15 heavy (non-hydrogen) atoms. The first-order chi connectivity index (χ1) is 7.19. The van der Waals surface area contributed by atoms with Crippen LogP contribution in [0.3, 0.4) is 0 Å². The third-order valence-corrected chi connectivity index (χ3v) is 2.15. The maximum absolute atomic E-state index is 11.2. The van der Waals surface area contributed by atoms with Crippen molar-refractivity contribution in [2.45, 2.75) is 6.54 Å². The lowest BCUT2D eigenvalue weighted by Gasteiger charge is -2.16. The van der Waals surface area contributed by atoms with Crippen LogP contribution in [-0.2, 0) is 11.3 Å². The zero-order chi connectivity index (χ0) is 11.3. The van der Waals surface area contributed by atoms with Crippen molar-refractivity contribution in [2.75, 3.05) is 13.6 Å². The largest absolute Gasteiger partial charge is 0.340 e. The van der Waals surface area contributed by atoms with Gasteiger partial charge in [-0.3, -0.25) is 4.79 Å². The quantitative estimate of drug-likeness (QED) is 0.776. The average molecular weight is 203 g/mol. The van der Waals surface area contributed by atoms with Gasteiger partial charge >= 0.3 is 0 Å². The molecule has 1 aromatic rings. The van der Waals surface area contributed by atoms with Gasteiger partial charge in [-0.1, -0.05) is 18.2 Å². The number of carbonyl (C=O) groups excluding carboxylic acids is 1. The molecule has 0 bridgehead atoms. The van der Waals surface area contributed by atoms with Crippen LogP contribution < -0.4 is 5.73 Å². The van der Waals surface area contributed by atoms with Crippen LogP contribution in [0.4, 0.5) is 0 Å². The minimum absolute atomic E-state index is 0.00871. The highest BCUT2D eigenvalue weighted by molar-refractivity contribution is 5.77. The number of nitriles is 1. The Labute approximate surface area is 88.9 Å². The number of rotatable bonds is 3. The molecule has 0 spiro atoms. The Morgan fingerprint density at radius 2 is 2.20 bits per heavy atom. The minimum atomic E-state index is -0.136. The zero-order valence-corrected chi connectivity index (χ0v) is 8.60. The van der Waals surface area contributed by atoms with E-state index in [-0.39, 0.29) is 12.5 Å². The minimum Gasteiger partial charge on any atom is -0.340 e. The summed E-state index contributed by atoms with van der Waals surface area (Å²) in [4.78, 5) is 12.7. The van der Waals surface area contributed by atoms with Gasteiger partial charge in [-0.15, -0.1) is 0 Å². The van der Waals surface area contributed by atoms with E-state index in [1.807, 2.05) is 12.1 Å². The molecule has 0 heterocycles. The molecule has 0 aliphatic carbocycles. The molecule has 0 aromatic heterocycles. The molecule has 1 amide bonds. The van der Waals surface area contributed by atoms with Crippen molar-refractivity contribution in [2.24, 2.45) is 5.73 Å². The van der Waals surface area contributed by atoms with Crippen molar-refractivity contribution in [1.29, 1.82) is 5.26 Å². The van der Waals surface area contributed by atoms with Gasteiger partial charge in [0.2, 0.25) is 5.91 Å². The van der Waals surface area contributed by atoms with Gasteiger partial charge in [-0.2, -0.15) is 5.26 Å². The van der Waals surface area contributed by atoms with Crippen LogP contribution in [0.2, 0.25) is 0 Å². The predicted octanol–water partition coefficient (Wildman–Crippen LogP) is 0.475. The van der Waals surface area contributed by atoms with Crippen LogP contribution in [-0.4, -0.2) is 24.4 Å². The molecular weight excluding hydrogens is 190 g/mol. The molecule has 1 rings (SSSR count). The van der Waals surface area contributed by atoms with Crippen LogP contribution in [0.25, 0.3) is 0 Å². The summed E-state index contributed by atoms with van der Waals surface area (Å²) in [5.41, 5.74) is 6.67. The number of nitrogens with two attached hydrogens (primary N) is 1. The maximum Gasteiger partial charge on any atom is 0.236 e. The number of carbonyl (C=O) groups is 1. The molecule has 1 aromatic carbocycles. The second-order valence-electron chi connectivity index (χ2n) is 3.22. The van der Waals surface area contributed by atoms with Gasteiger partial charge in [0, 0.05) is 13.6 Å². The van der Waals surface area contributed by atoms with E-state index in [9.17, 15) is 4.79 Å². The maximum atomic E-state index is 11.2. The summed E-state index contributed by atoms with van der Waals surface area (Å²) >= 11 is 0. The molecule has 0 unspecified atom stereocenters. The lowest BCUT2D eigenvalue weighted by Crippen LogP contribution is -2.32.